The molecule has 1 atom stereocenters. The zero-order valence-electron chi connectivity index (χ0n) is 46.2. The molecule has 0 radical (unpaired) electrons. The first-order valence-electron chi connectivity index (χ1n) is 29.4. The van der Waals surface area contributed by atoms with Gasteiger partial charge in [0.2, 0.25) is 0 Å². The van der Waals surface area contributed by atoms with Crippen LogP contribution in [0.3, 0.4) is 0 Å². The summed E-state index contributed by atoms with van der Waals surface area (Å²) in [5, 5.41) is 0. The van der Waals surface area contributed by atoms with Crippen LogP contribution in [0.25, 0.3) is 0 Å². The number of unbranched alkanes of at least 4 members (excludes halogenated alkanes) is 23. The average Bonchev–Trinajstić information content (AvgIpc) is 3.37. The Kier molecular flexibility index (Phi) is 55.4. The first kappa shape index (κ1) is 67.1. The van der Waals surface area contributed by atoms with Gasteiger partial charge in [-0.05, 0) is 116 Å². The number of ether oxygens (including phenoxy) is 3. The second-order valence-electron chi connectivity index (χ2n) is 19.2. The van der Waals surface area contributed by atoms with E-state index in [0.29, 0.717) is 19.3 Å². The zero-order chi connectivity index (χ0) is 51.4. The molecule has 71 heavy (non-hydrogen) atoms. The molecular formula is C65H108O6. The van der Waals surface area contributed by atoms with Gasteiger partial charge in [0, 0.05) is 19.3 Å². The zero-order valence-corrected chi connectivity index (χ0v) is 46.2. The van der Waals surface area contributed by atoms with E-state index in [1.165, 1.54) is 116 Å². The van der Waals surface area contributed by atoms with Gasteiger partial charge in [0.05, 0.1) is 0 Å². The van der Waals surface area contributed by atoms with Crippen LogP contribution in [-0.2, 0) is 28.6 Å². The van der Waals surface area contributed by atoms with Crippen molar-refractivity contribution in [1.29, 1.82) is 0 Å². The van der Waals surface area contributed by atoms with Gasteiger partial charge in [-0.2, -0.15) is 0 Å². The third kappa shape index (κ3) is 56.9. The lowest BCUT2D eigenvalue weighted by Crippen LogP contribution is -2.30. The van der Waals surface area contributed by atoms with Gasteiger partial charge in [0.1, 0.15) is 13.2 Å². The molecule has 0 fully saturated rings. The highest BCUT2D eigenvalue weighted by molar-refractivity contribution is 5.71. The lowest BCUT2D eigenvalue weighted by atomic mass is 10.1. The van der Waals surface area contributed by atoms with Gasteiger partial charge >= 0.3 is 17.9 Å². The molecule has 0 aromatic rings. The van der Waals surface area contributed by atoms with E-state index in [1.54, 1.807) is 0 Å². The molecule has 0 rings (SSSR count). The highest BCUT2D eigenvalue weighted by Crippen LogP contribution is 2.14. The van der Waals surface area contributed by atoms with Crippen LogP contribution in [0.1, 0.15) is 265 Å². The van der Waals surface area contributed by atoms with E-state index in [1.807, 2.05) is 6.08 Å². The number of hydrogen-bond acceptors (Lipinski definition) is 6. The standard InChI is InChI=1S/C65H108O6/c1-4-7-10-13-16-19-22-25-28-30-32-34-37-40-43-46-49-52-55-58-64(67)70-61-62(60-69-63(66)57-54-51-48-45-42-39-36-27-24-21-18-15-12-9-6-3)71-65(68)59-56-53-50-47-44-41-38-35-33-31-29-26-23-20-17-14-11-8-5-2/h9,12,17-18,20-21,25-29,33,35-36,41,44,50,53,62H,4-8,10-11,13-16,19,22-24,30-32,34,37-40,42-43,45-49,51-52,54-61H2,1-3H3/b12-9-,20-17-,21-18-,28-25-,29-26-,35-33-,36-27-,44-41-,53-50-/t62-/m1/s1. The van der Waals surface area contributed by atoms with Crippen molar-refractivity contribution in [2.24, 2.45) is 0 Å². The lowest BCUT2D eigenvalue weighted by Gasteiger charge is -2.18. The van der Waals surface area contributed by atoms with Crippen LogP contribution in [0.5, 0.6) is 0 Å². The minimum atomic E-state index is -0.828. The number of carbonyl (C=O) groups is 3. The van der Waals surface area contributed by atoms with Crippen LogP contribution in [0.15, 0.2) is 109 Å². The Morgan fingerprint density at radius 1 is 0.296 bits per heavy atom. The molecule has 6 heteroatoms. The normalized spacial score (nSPS) is 12.9. The van der Waals surface area contributed by atoms with Crippen molar-refractivity contribution >= 4 is 17.9 Å². The first-order chi connectivity index (χ1) is 35.0. The Morgan fingerprint density at radius 2 is 0.577 bits per heavy atom. The number of carbonyl (C=O) groups excluding carboxylic acids is 3. The molecule has 6 nitrogen and oxygen atoms in total. The summed E-state index contributed by atoms with van der Waals surface area (Å²) in [4.78, 5) is 38.2. The van der Waals surface area contributed by atoms with E-state index < -0.39 is 12.1 Å². The van der Waals surface area contributed by atoms with E-state index in [4.69, 9.17) is 14.2 Å². The fraction of sp³-hybridized carbons (Fsp3) is 0.677. The van der Waals surface area contributed by atoms with Crippen molar-refractivity contribution in [3.05, 3.63) is 109 Å². The summed E-state index contributed by atoms with van der Waals surface area (Å²) in [5.74, 6) is -1.02. The molecule has 0 aromatic heterocycles. The molecule has 0 heterocycles. The molecule has 0 saturated heterocycles. The van der Waals surface area contributed by atoms with Crippen molar-refractivity contribution in [2.75, 3.05) is 13.2 Å². The second-order valence-corrected chi connectivity index (χ2v) is 19.2. The quantitative estimate of drug-likeness (QED) is 0.0261. The SMILES string of the molecule is CC/C=C\C/C=C\C/C=C\CCCCCCCC(=O)OC[C@H](COC(=O)CCCCCCCCCCC/C=C\CCCCCCCC)OC(=O)CC/C=C\C/C=C\C/C=C\C/C=C\C/C=C\CCCCC. The molecule has 0 amide bonds. The van der Waals surface area contributed by atoms with Crippen molar-refractivity contribution in [3.8, 4) is 0 Å². The van der Waals surface area contributed by atoms with Crippen LogP contribution >= 0.6 is 0 Å². The molecule has 0 unspecified atom stereocenters. The summed E-state index contributed by atoms with van der Waals surface area (Å²) < 4.78 is 16.8. The average molecular weight is 986 g/mol. The van der Waals surface area contributed by atoms with E-state index in [9.17, 15) is 14.4 Å². The van der Waals surface area contributed by atoms with Crippen LogP contribution in [0.4, 0.5) is 0 Å². The van der Waals surface area contributed by atoms with Gasteiger partial charge in [-0.15, -0.1) is 0 Å². The second kappa shape index (κ2) is 58.6. The summed E-state index contributed by atoms with van der Waals surface area (Å²) in [6, 6.07) is 0. The Bertz CT molecular complexity index is 1460. The topological polar surface area (TPSA) is 78.9 Å². The summed E-state index contributed by atoms with van der Waals surface area (Å²) in [5.41, 5.74) is 0. The minimum Gasteiger partial charge on any atom is -0.462 e. The fourth-order valence-electron chi connectivity index (χ4n) is 7.85. The smallest absolute Gasteiger partial charge is 0.306 e. The van der Waals surface area contributed by atoms with Crippen molar-refractivity contribution in [1.82, 2.24) is 0 Å². The van der Waals surface area contributed by atoms with Gasteiger partial charge in [-0.25, -0.2) is 0 Å². The maximum atomic E-state index is 12.8. The molecule has 404 valence electrons. The molecule has 0 bridgehead atoms. The monoisotopic (exact) mass is 985 g/mol. The number of rotatable bonds is 52. The van der Waals surface area contributed by atoms with Crippen LogP contribution < -0.4 is 0 Å². The predicted molar refractivity (Wildman–Crippen MR) is 307 cm³/mol. The Labute approximate surface area is 438 Å². The molecule has 0 saturated carbocycles. The number of allylic oxidation sites excluding steroid dienone is 18. The summed E-state index contributed by atoms with van der Waals surface area (Å²) in [7, 11) is 0. The van der Waals surface area contributed by atoms with Crippen LogP contribution in [0, 0.1) is 0 Å². The molecule has 0 aromatic carbocycles. The Morgan fingerprint density at radius 3 is 0.958 bits per heavy atom. The third-order valence-corrected chi connectivity index (χ3v) is 12.2. The van der Waals surface area contributed by atoms with Gasteiger partial charge in [0.25, 0.3) is 0 Å². The maximum absolute atomic E-state index is 12.8. The molecular weight excluding hydrogens is 877 g/mol. The minimum absolute atomic E-state index is 0.115. The molecule has 0 spiro atoms. The molecule has 0 aliphatic heterocycles. The highest BCUT2D eigenvalue weighted by Gasteiger charge is 2.19. The van der Waals surface area contributed by atoms with Crippen molar-refractivity contribution in [3.63, 3.8) is 0 Å². The van der Waals surface area contributed by atoms with Gasteiger partial charge in [-0.1, -0.05) is 239 Å². The van der Waals surface area contributed by atoms with E-state index >= 15 is 0 Å². The van der Waals surface area contributed by atoms with Gasteiger partial charge in [0.15, 0.2) is 6.10 Å². The van der Waals surface area contributed by atoms with Crippen LogP contribution in [0.2, 0.25) is 0 Å². The summed E-state index contributed by atoms with van der Waals surface area (Å²) >= 11 is 0. The predicted octanol–water partition coefficient (Wildman–Crippen LogP) is 19.9. The Hall–Kier alpha value is -3.93. The van der Waals surface area contributed by atoms with Crippen molar-refractivity contribution < 1.29 is 28.6 Å². The Balaban J connectivity index is 4.52. The fourth-order valence-corrected chi connectivity index (χ4v) is 7.85. The highest BCUT2D eigenvalue weighted by atomic mass is 16.6. The van der Waals surface area contributed by atoms with E-state index in [2.05, 4.69) is 124 Å². The summed E-state index contributed by atoms with van der Waals surface area (Å²) in [6.45, 7) is 6.43. The third-order valence-electron chi connectivity index (χ3n) is 12.2. The van der Waals surface area contributed by atoms with Crippen LogP contribution in [-0.4, -0.2) is 37.2 Å². The van der Waals surface area contributed by atoms with Gasteiger partial charge < -0.3 is 14.2 Å². The largest absolute Gasteiger partial charge is 0.462 e. The lowest BCUT2D eigenvalue weighted by molar-refractivity contribution is -0.166. The summed E-state index contributed by atoms with van der Waals surface area (Å²) in [6.07, 6.45) is 79.5. The van der Waals surface area contributed by atoms with E-state index in [0.717, 1.165) is 103 Å². The van der Waals surface area contributed by atoms with Gasteiger partial charge in [-0.3, -0.25) is 14.4 Å². The maximum Gasteiger partial charge on any atom is 0.306 e. The molecule has 0 aliphatic rings. The number of hydrogen-bond donors (Lipinski definition) is 0. The first-order valence-corrected chi connectivity index (χ1v) is 29.4. The molecule has 0 aliphatic carbocycles. The molecule has 0 N–H and O–H groups in total. The van der Waals surface area contributed by atoms with Crippen molar-refractivity contribution in [2.45, 2.75) is 271 Å². The number of esters is 3. The van der Waals surface area contributed by atoms with E-state index in [-0.39, 0.29) is 31.6 Å².